The van der Waals surface area contributed by atoms with Crippen molar-refractivity contribution in [1.82, 2.24) is 14.9 Å². The van der Waals surface area contributed by atoms with Gasteiger partial charge in [0.2, 0.25) is 0 Å². The summed E-state index contributed by atoms with van der Waals surface area (Å²) in [7, 11) is 0. The quantitative estimate of drug-likeness (QED) is 0.221. The van der Waals surface area contributed by atoms with Crippen LogP contribution in [-0.2, 0) is 6.54 Å². The Balaban J connectivity index is 1.72. The van der Waals surface area contributed by atoms with Crippen LogP contribution in [-0.4, -0.2) is 33.0 Å². The van der Waals surface area contributed by atoms with Gasteiger partial charge in [0.1, 0.15) is 5.82 Å². The molecule has 0 unspecified atom stereocenters. The number of carbonyl (C=O) groups excluding carboxylic acids is 2. The van der Waals surface area contributed by atoms with Gasteiger partial charge in [0.05, 0.1) is 23.2 Å². The lowest BCUT2D eigenvalue weighted by Crippen LogP contribution is -2.30. The van der Waals surface area contributed by atoms with Crippen molar-refractivity contribution in [1.29, 1.82) is 0 Å². The molecule has 0 atom stereocenters. The Morgan fingerprint density at radius 1 is 1.00 bits per heavy atom. The minimum Gasteiger partial charge on any atom is -0.350 e. The van der Waals surface area contributed by atoms with Crippen LogP contribution in [0.2, 0.25) is 0 Å². The zero-order chi connectivity index (χ0) is 24.9. The molecule has 0 saturated carbocycles. The summed E-state index contributed by atoms with van der Waals surface area (Å²) >= 11 is 1.14. The van der Waals surface area contributed by atoms with Crippen LogP contribution < -0.4 is 10.9 Å². The van der Waals surface area contributed by atoms with Crippen LogP contribution in [0.1, 0.15) is 40.1 Å². The Kier molecular flexibility index (Phi) is 7.41. The number of nitrogens with one attached hydrogen (secondary N) is 1. The number of ketones is 1. The number of benzene rings is 3. The molecule has 0 bridgehead atoms. The molecule has 8 heteroatoms. The Morgan fingerprint density at radius 2 is 1.69 bits per heavy atom. The molecule has 6 nitrogen and oxygen atoms in total. The summed E-state index contributed by atoms with van der Waals surface area (Å²) in [5, 5.41) is 3.58. The van der Waals surface area contributed by atoms with Gasteiger partial charge < -0.3 is 5.32 Å². The molecule has 3 aromatic carbocycles. The number of hydrogen-bond donors (Lipinski definition) is 1. The molecular weight excluding hydrogens is 465 g/mol. The van der Waals surface area contributed by atoms with Crippen molar-refractivity contribution in [3.05, 3.63) is 106 Å². The number of hydrogen-bond acceptors (Lipinski definition) is 5. The molecule has 1 aromatic heterocycles. The summed E-state index contributed by atoms with van der Waals surface area (Å²) in [6, 6.07) is 19.6. The molecule has 1 N–H and O–H groups in total. The van der Waals surface area contributed by atoms with Crippen LogP contribution in [0.3, 0.4) is 0 Å². The Bertz CT molecular complexity index is 1430. The molecule has 0 aliphatic rings. The van der Waals surface area contributed by atoms with Crippen molar-refractivity contribution in [2.75, 3.05) is 5.75 Å². The van der Waals surface area contributed by atoms with Crippen LogP contribution in [0, 0.1) is 5.82 Å². The van der Waals surface area contributed by atoms with Gasteiger partial charge in [0, 0.05) is 17.2 Å². The number of fused-ring (bicyclic) bond motifs is 1. The summed E-state index contributed by atoms with van der Waals surface area (Å²) in [6.07, 6.45) is 0. The lowest BCUT2D eigenvalue weighted by Gasteiger charge is -2.14. The van der Waals surface area contributed by atoms with E-state index in [1.807, 2.05) is 44.2 Å². The second-order valence-electron chi connectivity index (χ2n) is 8.35. The zero-order valence-electron chi connectivity index (χ0n) is 19.3. The first-order valence-corrected chi connectivity index (χ1v) is 12.1. The summed E-state index contributed by atoms with van der Waals surface area (Å²) in [5.41, 5.74) is 1.82. The van der Waals surface area contributed by atoms with Crippen molar-refractivity contribution in [2.45, 2.75) is 31.6 Å². The maximum atomic E-state index is 13.4. The first-order valence-electron chi connectivity index (χ1n) is 11.1. The van der Waals surface area contributed by atoms with Crippen LogP contribution >= 0.6 is 11.8 Å². The van der Waals surface area contributed by atoms with E-state index < -0.39 is 5.82 Å². The molecule has 35 heavy (non-hydrogen) atoms. The number of rotatable bonds is 8. The summed E-state index contributed by atoms with van der Waals surface area (Å²) < 4.78 is 14.8. The fraction of sp³-hybridized carbons (Fsp3) is 0.185. The van der Waals surface area contributed by atoms with Crippen LogP contribution in [0.5, 0.6) is 0 Å². The highest BCUT2D eigenvalue weighted by molar-refractivity contribution is 7.99. The number of halogens is 1. The third-order valence-corrected chi connectivity index (χ3v) is 6.26. The van der Waals surface area contributed by atoms with E-state index in [9.17, 15) is 18.8 Å². The van der Waals surface area contributed by atoms with Gasteiger partial charge in [-0.05, 0) is 61.9 Å². The highest BCUT2D eigenvalue weighted by atomic mass is 32.2. The van der Waals surface area contributed by atoms with Crippen molar-refractivity contribution in [2.24, 2.45) is 0 Å². The normalized spacial score (nSPS) is 11.1. The molecule has 1 amide bonds. The lowest BCUT2D eigenvalue weighted by atomic mass is 10.1. The zero-order valence-corrected chi connectivity index (χ0v) is 20.1. The molecule has 0 spiro atoms. The van der Waals surface area contributed by atoms with Crippen molar-refractivity contribution < 1.29 is 14.0 Å². The number of nitrogens with zero attached hydrogens (tertiary/aromatic N) is 2. The second kappa shape index (κ2) is 10.7. The predicted octanol–water partition coefficient (Wildman–Crippen LogP) is 4.70. The highest BCUT2D eigenvalue weighted by Gasteiger charge is 2.17. The van der Waals surface area contributed by atoms with Gasteiger partial charge in [0.25, 0.3) is 11.5 Å². The Labute approximate surface area is 206 Å². The summed E-state index contributed by atoms with van der Waals surface area (Å²) in [6.45, 7) is 4.02. The number of carbonyl (C=O) groups is 2. The SMILES string of the molecule is CC(C)NC(=O)c1ccc2c(=O)n(Cc3ccccc3)c(SCC(=O)c3ccc(F)cc3)nc2c1. The molecule has 1 heterocycles. The van der Waals surface area contributed by atoms with Gasteiger partial charge in [0.15, 0.2) is 10.9 Å². The van der Waals surface area contributed by atoms with Gasteiger partial charge in [-0.3, -0.25) is 19.0 Å². The molecular formula is C27H24FN3O3S. The van der Waals surface area contributed by atoms with E-state index in [1.165, 1.54) is 28.8 Å². The Hall–Kier alpha value is -3.78. The monoisotopic (exact) mass is 489 g/mol. The van der Waals surface area contributed by atoms with Crippen molar-refractivity contribution in [3.8, 4) is 0 Å². The minimum absolute atomic E-state index is 0.0197. The number of Topliss-reactive ketones (excluding diaryl/α,β-unsaturated/α-hetero) is 1. The average Bonchev–Trinajstić information content (AvgIpc) is 2.85. The topological polar surface area (TPSA) is 81.1 Å². The molecule has 0 radical (unpaired) electrons. The van der Waals surface area contributed by atoms with Gasteiger partial charge in [-0.2, -0.15) is 0 Å². The largest absolute Gasteiger partial charge is 0.350 e. The van der Waals surface area contributed by atoms with E-state index in [-0.39, 0.29) is 35.6 Å². The van der Waals surface area contributed by atoms with Crippen LogP contribution in [0.4, 0.5) is 4.39 Å². The maximum Gasteiger partial charge on any atom is 0.262 e. The molecule has 4 aromatic rings. The second-order valence-corrected chi connectivity index (χ2v) is 9.29. The predicted molar refractivity (Wildman–Crippen MR) is 136 cm³/mol. The smallest absolute Gasteiger partial charge is 0.262 e. The van der Waals surface area contributed by atoms with Crippen LogP contribution in [0.25, 0.3) is 10.9 Å². The van der Waals surface area contributed by atoms with E-state index in [2.05, 4.69) is 10.3 Å². The third kappa shape index (κ3) is 5.84. The average molecular weight is 490 g/mol. The van der Waals surface area contributed by atoms with E-state index in [0.717, 1.165) is 17.3 Å². The first kappa shape index (κ1) is 24.3. The number of thioether (sulfide) groups is 1. The summed E-state index contributed by atoms with van der Waals surface area (Å²) in [4.78, 5) is 43.3. The third-order valence-electron chi connectivity index (χ3n) is 5.28. The molecule has 0 saturated heterocycles. The van der Waals surface area contributed by atoms with Gasteiger partial charge >= 0.3 is 0 Å². The number of aromatic nitrogens is 2. The van der Waals surface area contributed by atoms with Crippen molar-refractivity contribution in [3.63, 3.8) is 0 Å². The molecule has 0 fully saturated rings. The molecule has 0 aliphatic heterocycles. The first-order chi connectivity index (χ1) is 16.8. The molecule has 178 valence electrons. The van der Waals surface area contributed by atoms with Gasteiger partial charge in [-0.1, -0.05) is 42.1 Å². The van der Waals surface area contributed by atoms with Crippen molar-refractivity contribution >= 4 is 34.4 Å². The van der Waals surface area contributed by atoms with E-state index in [0.29, 0.717) is 27.2 Å². The fourth-order valence-electron chi connectivity index (χ4n) is 3.55. The van der Waals surface area contributed by atoms with E-state index in [1.54, 1.807) is 18.2 Å². The molecule has 0 aliphatic carbocycles. The summed E-state index contributed by atoms with van der Waals surface area (Å²) in [5.74, 6) is -0.857. The fourth-order valence-corrected chi connectivity index (χ4v) is 4.45. The van der Waals surface area contributed by atoms with E-state index in [4.69, 9.17) is 0 Å². The maximum absolute atomic E-state index is 13.4. The van der Waals surface area contributed by atoms with Gasteiger partial charge in [-0.15, -0.1) is 0 Å². The van der Waals surface area contributed by atoms with Gasteiger partial charge in [-0.25, -0.2) is 9.37 Å². The highest BCUT2D eigenvalue weighted by Crippen LogP contribution is 2.21. The number of amides is 1. The van der Waals surface area contributed by atoms with Crippen LogP contribution in [0.15, 0.2) is 82.7 Å². The lowest BCUT2D eigenvalue weighted by molar-refractivity contribution is 0.0942. The minimum atomic E-state index is -0.417. The standard InChI is InChI=1S/C27H24FN3O3S/c1-17(2)29-25(33)20-10-13-22-23(14-20)30-27(31(26(22)34)15-18-6-4-3-5-7-18)35-16-24(32)19-8-11-21(28)12-9-19/h3-14,17H,15-16H2,1-2H3,(H,29,33). The van der Waals surface area contributed by atoms with E-state index >= 15 is 0 Å². The molecule has 4 rings (SSSR count). The Morgan fingerprint density at radius 3 is 2.37 bits per heavy atom.